The summed E-state index contributed by atoms with van der Waals surface area (Å²) in [6, 6.07) is 11.6. The number of fused-ring (bicyclic) bond motifs is 1. The fourth-order valence-electron chi connectivity index (χ4n) is 3.36. The molecule has 0 radical (unpaired) electrons. The van der Waals surface area contributed by atoms with Crippen LogP contribution in [-0.2, 0) is 11.3 Å². The molecule has 2 aromatic carbocycles. The van der Waals surface area contributed by atoms with E-state index in [-0.39, 0.29) is 18.3 Å². The van der Waals surface area contributed by atoms with Gasteiger partial charge in [-0.15, -0.1) is 12.4 Å². The summed E-state index contributed by atoms with van der Waals surface area (Å²) < 4.78 is 3.13. The smallest absolute Gasteiger partial charge is 0.252 e. The summed E-state index contributed by atoms with van der Waals surface area (Å²) in [5.41, 5.74) is 4.05. The molecule has 0 N–H and O–H groups in total. The Morgan fingerprint density at radius 2 is 1.97 bits per heavy atom. The lowest BCUT2D eigenvalue weighted by Gasteiger charge is -2.18. The van der Waals surface area contributed by atoms with Crippen molar-refractivity contribution in [3.63, 3.8) is 0 Å². The van der Waals surface area contributed by atoms with Crippen LogP contribution in [0.5, 0.6) is 0 Å². The Kier molecular flexibility index (Phi) is 8.07. The van der Waals surface area contributed by atoms with Crippen molar-refractivity contribution in [1.29, 1.82) is 0 Å². The summed E-state index contributed by atoms with van der Waals surface area (Å²) in [6.07, 6.45) is 9.59. The van der Waals surface area contributed by atoms with Crippen LogP contribution < -0.4 is 4.90 Å². The molecule has 0 bridgehead atoms. The van der Waals surface area contributed by atoms with Crippen molar-refractivity contribution < 1.29 is 4.79 Å². The average Bonchev–Trinajstić information content (AvgIpc) is 3.44. The van der Waals surface area contributed by atoms with E-state index in [0.29, 0.717) is 16.7 Å². The van der Waals surface area contributed by atoms with Gasteiger partial charge in [0.25, 0.3) is 5.91 Å². The van der Waals surface area contributed by atoms with E-state index in [1.165, 1.54) is 5.56 Å². The number of halogens is 2. The van der Waals surface area contributed by atoms with Gasteiger partial charge in [-0.1, -0.05) is 53.3 Å². The summed E-state index contributed by atoms with van der Waals surface area (Å²) in [5, 5.41) is 1.33. The number of aromatic nitrogens is 3. The van der Waals surface area contributed by atoms with Crippen molar-refractivity contribution in [2.24, 2.45) is 0 Å². The molecule has 0 aliphatic carbocycles. The molecule has 0 fully saturated rings. The predicted octanol–water partition coefficient (Wildman–Crippen LogP) is 6.32. The van der Waals surface area contributed by atoms with Crippen molar-refractivity contribution >= 4 is 62.7 Å². The molecule has 0 unspecified atom stereocenters. The highest BCUT2D eigenvalue weighted by molar-refractivity contribution is 7.22. The standard InChI is InChI=1S/C24H23ClN4OS.ClH/c1-17-8-9-18(2)23-22(17)27-24(31-23)29(14-5-13-28-15-12-26-16-28)21(30)11-10-19-6-3-4-7-20(19)25;/h3-4,6-12,15-16H,5,13-14H2,1-2H3;1H/b11-10+;. The van der Waals surface area contributed by atoms with Gasteiger partial charge in [0, 0.05) is 36.6 Å². The third kappa shape index (κ3) is 5.38. The number of carbonyl (C=O) groups is 1. The molecule has 2 aromatic heterocycles. The maximum Gasteiger partial charge on any atom is 0.252 e. The molecule has 8 heteroatoms. The van der Waals surface area contributed by atoms with E-state index >= 15 is 0 Å². The minimum atomic E-state index is -0.111. The Morgan fingerprint density at radius 3 is 2.69 bits per heavy atom. The molecule has 2 heterocycles. The first kappa shape index (κ1) is 24.0. The number of carbonyl (C=O) groups excluding carboxylic acids is 1. The number of hydrogen-bond donors (Lipinski definition) is 0. The number of thiazole rings is 1. The summed E-state index contributed by atoms with van der Waals surface area (Å²) in [5.74, 6) is -0.111. The molecule has 0 aliphatic rings. The Labute approximate surface area is 202 Å². The molecular formula is C24H24Cl2N4OS. The fourth-order valence-corrected chi connectivity index (χ4v) is 4.70. The molecule has 0 atom stereocenters. The van der Waals surface area contributed by atoms with Gasteiger partial charge in [-0.25, -0.2) is 9.97 Å². The van der Waals surface area contributed by atoms with E-state index in [0.717, 1.165) is 34.3 Å². The molecule has 166 valence electrons. The van der Waals surface area contributed by atoms with Crippen molar-refractivity contribution in [2.75, 3.05) is 11.4 Å². The second-order valence-electron chi connectivity index (χ2n) is 7.37. The first-order valence-electron chi connectivity index (χ1n) is 10.1. The van der Waals surface area contributed by atoms with Crippen LogP contribution in [0.25, 0.3) is 16.3 Å². The second kappa shape index (κ2) is 10.8. The van der Waals surface area contributed by atoms with Gasteiger partial charge in [0.05, 0.1) is 16.5 Å². The van der Waals surface area contributed by atoms with Crippen LogP contribution in [0.1, 0.15) is 23.1 Å². The van der Waals surface area contributed by atoms with Gasteiger partial charge in [0.1, 0.15) is 0 Å². The third-order valence-corrected chi connectivity index (χ3v) is 6.65. The van der Waals surface area contributed by atoms with E-state index < -0.39 is 0 Å². The van der Waals surface area contributed by atoms with E-state index in [2.05, 4.69) is 24.0 Å². The van der Waals surface area contributed by atoms with E-state index in [9.17, 15) is 4.79 Å². The van der Waals surface area contributed by atoms with Gasteiger partial charge in [0.2, 0.25) is 0 Å². The van der Waals surface area contributed by atoms with Crippen LogP contribution in [0, 0.1) is 13.8 Å². The van der Waals surface area contributed by atoms with Crippen LogP contribution in [-0.4, -0.2) is 27.0 Å². The molecule has 4 rings (SSSR count). The van der Waals surface area contributed by atoms with Crippen LogP contribution in [0.15, 0.2) is 61.2 Å². The van der Waals surface area contributed by atoms with Crippen LogP contribution >= 0.6 is 35.3 Å². The first-order chi connectivity index (χ1) is 15.0. The minimum absolute atomic E-state index is 0. The van der Waals surface area contributed by atoms with E-state index in [4.69, 9.17) is 16.6 Å². The number of hydrogen-bond acceptors (Lipinski definition) is 4. The molecule has 0 spiro atoms. The zero-order valence-electron chi connectivity index (χ0n) is 17.9. The Balaban J connectivity index is 0.00000289. The third-order valence-electron chi connectivity index (χ3n) is 5.10. The molecule has 0 aliphatic heterocycles. The highest BCUT2D eigenvalue weighted by Crippen LogP contribution is 2.33. The topological polar surface area (TPSA) is 51.0 Å². The lowest BCUT2D eigenvalue weighted by molar-refractivity contribution is -0.114. The number of amides is 1. The normalized spacial score (nSPS) is 11.1. The fraction of sp³-hybridized carbons (Fsp3) is 0.208. The Bertz CT molecular complexity index is 1200. The lowest BCUT2D eigenvalue weighted by atomic mass is 10.1. The van der Waals surface area contributed by atoms with Crippen LogP contribution in [0.4, 0.5) is 5.13 Å². The Morgan fingerprint density at radius 1 is 1.19 bits per heavy atom. The van der Waals surface area contributed by atoms with Crippen molar-refractivity contribution in [3.05, 3.63) is 82.9 Å². The number of nitrogens with zero attached hydrogens (tertiary/aromatic N) is 4. The SMILES string of the molecule is Cc1ccc(C)c2sc(N(CCCn3ccnc3)C(=O)/C=C/c3ccccc3Cl)nc12.Cl. The van der Waals surface area contributed by atoms with Gasteiger partial charge in [-0.2, -0.15) is 0 Å². The monoisotopic (exact) mass is 486 g/mol. The zero-order valence-corrected chi connectivity index (χ0v) is 20.3. The molecule has 4 aromatic rings. The predicted molar refractivity (Wildman–Crippen MR) is 136 cm³/mol. The maximum absolute atomic E-state index is 13.2. The summed E-state index contributed by atoms with van der Waals surface area (Å²) in [6.45, 7) is 5.46. The van der Waals surface area contributed by atoms with E-state index in [1.54, 1.807) is 40.9 Å². The quantitative estimate of drug-likeness (QED) is 0.287. The van der Waals surface area contributed by atoms with Crippen molar-refractivity contribution in [2.45, 2.75) is 26.8 Å². The molecule has 32 heavy (non-hydrogen) atoms. The molecule has 0 saturated heterocycles. The lowest BCUT2D eigenvalue weighted by Crippen LogP contribution is -2.30. The van der Waals surface area contributed by atoms with Crippen LogP contribution in [0.2, 0.25) is 5.02 Å². The number of aryl methyl sites for hydroxylation is 3. The largest absolute Gasteiger partial charge is 0.337 e. The number of imidazole rings is 1. The molecule has 0 saturated carbocycles. The summed E-state index contributed by atoms with van der Waals surface area (Å²) in [4.78, 5) is 23.9. The molecule has 1 amide bonds. The van der Waals surface area contributed by atoms with Gasteiger partial charge >= 0.3 is 0 Å². The van der Waals surface area contributed by atoms with Crippen molar-refractivity contribution in [1.82, 2.24) is 14.5 Å². The van der Waals surface area contributed by atoms with Gasteiger partial charge in [0.15, 0.2) is 5.13 Å². The highest BCUT2D eigenvalue weighted by atomic mass is 35.5. The second-order valence-corrected chi connectivity index (χ2v) is 8.76. The number of rotatable bonds is 7. The highest BCUT2D eigenvalue weighted by Gasteiger charge is 2.19. The van der Waals surface area contributed by atoms with Crippen molar-refractivity contribution in [3.8, 4) is 0 Å². The van der Waals surface area contributed by atoms with Gasteiger partial charge in [-0.3, -0.25) is 9.69 Å². The molecular weight excluding hydrogens is 463 g/mol. The average molecular weight is 487 g/mol. The number of anilines is 1. The van der Waals surface area contributed by atoms with E-state index in [1.807, 2.05) is 42.0 Å². The Hall–Kier alpha value is -2.67. The maximum atomic E-state index is 13.2. The first-order valence-corrected chi connectivity index (χ1v) is 11.3. The summed E-state index contributed by atoms with van der Waals surface area (Å²) in [7, 11) is 0. The number of benzene rings is 2. The molecule has 5 nitrogen and oxygen atoms in total. The minimum Gasteiger partial charge on any atom is -0.337 e. The van der Waals surface area contributed by atoms with Gasteiger partial charge < -0.3 is 4.57 Å². The van der Waals surface area contributed by atoms with Crippen LogP contribution in [0.3, 0.4) is 0 Å². The van der Waals surface area contributed by atoms with Gasteiger partial charge in [-0.05, 0) is 49.1 Å². The summed E-state index contributed by atoms with van der Waals surface area (Å²) >= 11 is 7.80. The zero-order chi connectivity index (χ0) is 21.8.